The highest BCUT2D eigenvalue weighted by atomic mass is 79.9. The number of rotatable bonds is 5. The van der Waals surface area contributed by atoms with Crippen LogP contribution in [0.15, 0.2) is 46.9 Å². The van der Waals surface area contributed by atoms with Gasteiger partial charge in [0.05, 0.1) is 39.4 Å². The minimum absolute atomic E-state index is 0.145. The number of anilines is 1. The summed E-state index contributed by atoms with van der Waals surface area (Å²) in [5, 5.41) is 10.6. The lowest BCUT2D eigenvalue weighted by molar-refractivity contribution is 0.0947. The number of ether oxygens (including phenoxy) is 1. The highest BCUT2D eigenvalue weighted by molar-refractivity contribution is 9.10. The Morgan fingerprint density at radius 1 is 1.26 bits per heavy atom. The summed E-state index contributed by atoms with van der Waals surface area (Å²) < 4.78 is 19.5. The van der Waals surface area contributed by atoms with E-state index < -0.39 is 11.7 Å². The number of aromatic amines is 1. The van der Waals surface area contributed by atoms with Crippen molar-refractivity contribution < 1.29 is 13.9 Å². The van der Waals surface area contributed by atoms with Crippen molar-refractivity contribution in [3.63, 3.8) is 0 Å². The maximum Gasteiger partial charge on any atom is 0.255 e. The van der Waals surface area contributed by atoms with Gasteiger partial charge in [-0.05, 0) is 46.6 Å². The number of nitrogens with one attached hydrogen (secondary N) is 2. The Kier molecular flexibility index (Phi) is 5.60. The van der Waals surface area contributed by atoms with Gasteiger partial charge >= 0.3 is 0 Å². The first-order chi connectivity index (χ1) is 14.9. The standard InChI is InChI=1S/C22H19BrFN5O2/c1-11-18(23)20-17(21(25)29-28-20)19(27-11)13-5-3-12(4-6-13)10-26-22(30)15-9-14(24)7-8-16(15)31-2/h3-9H,10H2,1-2H3,(H,26,30)(H3,25,28,29). The topological polar surface area (TPSA) is 106 Å². The van der Waals surface area contributed by atoms with E-state index in [2.05, 4.69) is 36.4 Å². The molecule has 9 heteroatoms. The number of carbonyl (C=O) groups is 1. The molecule has 2 aromatic carbocycles. The number of nitrogens with zero attached hydrogens (tertiary/aromatic N) is 2. The highest BCUT2D eigenvalue weighted by Gasteiger charge is 2.17. The molecular formula is C22H19BrFN5O2. The molecular weight excluding hydrogens is 465 g/mol. The van der Waals surface area contributed by atoms with Gasteiger partial charge in [0.15, 0.2) is 5.82 Å². The van der Waals surface area contributed by atoms with Crippen LogP contribution in [0.5, 0.6) is 5.75 Å². The van der Waals surface area contributed by atoms with Crippen LogP contribution < -0.4 is 15.8 Å². The second-order valence-corrected chi connectivity index (χ2v) is 7.74. The number of pyridine rings is 1. The van der Waals surface area contributed by atoms with Gasteiger partial charge < -0.3 is 15.8 Å². The lowest BCUT2D eigenvalue weighted by Crippen LogP contribution is -2.23. The number of aromatic nitrogens is 3. The summed E-state index contributed by atoms with van der Waals surface area (Å²) in [5.74, 6) is -0.234. The predicted molar refractivity (Wildman–Crippen MR) is 120 cm³/mol. The third-order valence-electron chi connectivity index (χ3n) is 4.93. The number of aryl methyl sites for hydroxylation is 1. The molecule has 0 aliphatic rings. The van der Waals surface area contributed by atoms with Crippen molar-refractivity contribution >= 4 is 38.6 Å². The van der Waals surface area contributed by atoms with Crippen molar-refractivity contribution in [1.29, 1.82) is 0 Å². The van der Waals surface area contributed by atoms with E-state index in [1.807, 2.05) is 31.2 Å². The summed E-state index contributed by atoms with van der Waals surface area (Å²) in [7, 11) is 1.43. The maximum absolute atomic E-state index is 13.5. The fourth-order valence-electron chi connectivity index (χ4n) is 3.33. The van der Waals surface area contributed by atoms with Gasteiger partial charge in [0.1, 0.15) is 11.6 Å². The van der Waals surface area contributed by atoms with Crippen molar-refractivity contribution in [3.8, 4) is 17.0 Å². The SMILES string of the molecule is COc1ccc(F)cc1C(=O)NCc1ccc(-c2nc(C)c(Br)c3[nH]nc(N)c23)cc1. The van der Waals surface area contributed by atoms with Gasteiger partial charge in [0.25, 0.3) is 5.91 Å². The van der Waals surface area contributed by atoms with Gasteiger partial charge in [-0.3, -0.25) is 14.9 Å². The predicted octanol–water partition coefficient (Wildman–Crippen LogP) is 4.36. The summed E-state index contributed by atoms with van der Waals surface area (Å²) >= 11 is 3.52. The summed E-state index contributed by atoms with van der Waals surface area (Å²) in [6, 6.07) is 11.4. The summed E-state index contributed by atoms with van der Waals surface area (Å²) in [6.07, 6.45) is 0. The molecule has 4 aromatic rings. The Morgan fingerprint density at radius 3 is 2.71 bits per heavy atom. The van der Waals surface area contributed by atoms with Gasteiger partial charge in [-0.2, -0.15) is 5.10 Å². The molecule has 0 aliphatic carbocycles. The largest absolute Gasteiger partial charge is 0.496 e. The normalized spacial score (nSPS) is 11.0. The van der Waals surface area contributed by atoms with E-state index in [0.717, 1.165) is 44.0 Å². The quantitative estimate of drug-likeness (QED) is 0.391. The van der Waals surface area contributed by atoms with Crippen molar-refractivity contribution in [2.24, 2.45) is 0 Å². The smallest absolute Gasteiger partial charge is 0.255 e. The molecule has 0 spiro atoms. The Balaban J connectivity index is 1.56. The van der Waals surface area contributed by atoms with E-state index in [9.17, 15) is 9.18 Å². The fourth-order valence-corrected chi connectivity index (χ4v) is 3.71. The van der Waals surface area contributed by atoms with Crippen molar-refractivity contribution in [1.82, 2.24) is 20.5 Å². The number of methoxy groups -OCH3 is 1. The van der Waals surface area contributed by atoms with E-state index in [4.69, 9.17) is 10.5 Å². The molecule has 0 aliphatic heterocycles. The minimum atomic E-state index is -0.502. The van der Waals surface area contributed by atoms with Crippen LogP contribution in [0.2, 0.25) is 0 Å². The maximum atomic E-state index is 13.5. The number of H-pyrrole nitrogens is 1. The number of hydrogen-bond acceptors (Lipinski definition) is 5. The van der Waals surface area contributed by atoms with Gasteiger partial charge in [-0.1, -0.05) is 24.3 Å². The number of nitrogens with two attached hydrogens (primary N) is 1. The number of benzene rings is 2. The molecule has 4 rings (SSSR count). The van der Waals surface area contributed by atoms with Gasteiger partial charge in [-0.15, -0.1) is 0 Å². The van der Waals surface area contributed by atoms with Crippen LogP contribution in [-0.2, 0) is 6.54 Å². The van der Waals surface area contributed by atoms with Gasteiger partial charge in [-0.25, -0.2) is 4.39 Å². The first-order valence-corrected chi connectivity index (χ1v) is 10.2. The molecule has 0 bridgehead atoms. The average Bonchev–Trinajstić information content (AvgIpc) is 3.16. The second kappa shape index (κ2) is 8.35. The lowest BCUT2D eigenvalue weighted by Gasteiger charge is -2.11. The third-order valence-corrected chi connectivity index (χ3v) is 5.90. The first-order valence-electron chi connectivity index (χ1n) is 9.39. The zero-order valence-electron chi connectivity index (χ0n) is 16.8. The van der Waals surface area contributed by atoms with Crippen LogP contribution in [0.4, 0.5) is 10.2 Å². The molecule has 1 amide bonds. The number of halogens is 2. The number of carbonyl (C=O) groups excluding carboxylic acids is 1. The Hall–Kier alpha value is -3.46. The zero-order chi connectivity index (χ0) is 22.1. The zero-order valence-corrected chi connectivity index (χ0v) is 18.4. The monoisotopic (exact) mass is 483 g/mol. The van der Waals surface area contributed by atoms with Crippen molar-refractivity contribution in [2.75, 3.05) is 12.8 Å². The summed E-state index contributed by atoms with van der Waals surface area (Å²) in [6.45, 7) is 2.17. The Labute approximate surface area is 186 Å². The number of hydrogen-bond donors (Lipinski definition) is 3. The summed E-state index contributed by atoms with van der Waals surface area (Å²) in [4.78, 5) is 17.1. The molecule has 0 fully saturated rings. The van der Waals surface area contributed by atoms with Crippen molar-refractivity contribution in [3.05, 3.63) is 69.6 Å². The molecule has 0 atom stereocenters. The molecule has 0 unspecified atom stereocenters. The first kappa shape index (κ1) is 20.8. The van der Waals surface area contributed by atoms with Gasteiger partial charge in [0.2, 0.25) is 0 Å². The third kappa shape index (κ3) is 3.96. The van der Waals surface area contributed by atoms with Crippen LogP contribution >= 0.6 is 15.9 Å². The fraction of sp³-hybridized carbons (Fsp3) is 0.136. The molecule has 0 saturated heterocycles. The summed E-state index contributed by atoms with van der Waals surface area (Å²) in [5.41, 5.74) is 10.3. The molecule has 4 N–H and O–H groups in total. The van der Waals surface area contributed by atoms with Crippen LogP contribution in [0.25, 0.3) is 22.2 Å². The molecule has 31 heavy (non-hydrogen) atoms. The highest BCUT2D eigenvalue weighted by Crippen LogP contribution is 2.35. The Bertz CT molecular complexity index is 1290. The minimum Gasteiger partial charge on any atom is -0.496 e. The average molecular weight is 484 g/mol. The number of nitrogen functional groups attached to an aromatic ring is 1. The van der Waals surface area contributed by atoms with Crippen LogP contribution in [0, 0.1) is 12.7 Å². The van der Waals surface area contributed by atoms with E-state index in [0.29, 0.717) is 11.6 Å². The lowest BCUT2D eigenvalue weighted by atomic mass is 10.0. The second-order valence-electron chi connectivity index (χ2n) is 6.94. The van der Waals surface area contributed by atoms with Gasteiger partial charge in [0, 0.05) is 12.1 Å². The van der Waals surface area contributed by atoms with Crippen LogP contribution in [0.3, 0.4) is 0 Å². The van der Waals surface area contributed by atoms with E-state index in [1.165, 1.54) is 19.2 Å². The van der Waals surface area contributed by atoms with E-state index >= 15 is 0 Å². The van der Waals surface area contributed by atoms with E-state index in [1.54, 1.807) is 0 Å². The molecule has 158 valence electrons. The molecule has 7 nitrogen and oxygen atoms in total. The van der Waals surface area contributed by atoms with Crippen LogP contribution in [0.1, 0.15) is 21.6 Å². The number of amides is 1. The Morgan fingerprint density at radius 2 is 2.00 bits per heavy atom. The van der Waals surface area contributed by atoms with Crippen molar-refractivity contribution in [2.45, 2.75) is 13.5 Å². The molecule has 0 radical (unpaired) electrons. The molecule has 2 aromatic heterocycles. The van der Waals surface area contributed by atoms with Crippen LogP contribution in [-0.4, -0.2) is 28.2 Å². The molecule has 2 heterocycles. The molecule has 0 saturated carbocycles. The van der Waals surface area contributed by atoms with E-state index in [-0.39, 0.29) is 12.1 Å². The number of fused-ring (bicyclic) bond motifs is 1.